The van der Waals surface area contributed by atoms with Crippen LogP contribution in [0.1, 0.15) is 18.1 Å². The largest absolute Gasteiger partial charge is 0.490 e. The van der Waals surface area contributed by atoms with Gasteiger partial charge in [0.15, 0.2) is 11.5 Å². The van der Waals surface area contributed by atoms with Crippen LogP contribution in [-0.2, 0) is 6.61 Å². The number of ether oxygens (including phenoxy) is 2. The Morgan fingerprint density at radius 2 is 2.08 bits per heavy atom. The minimum absolute atomic E-state index is 0.408. The summed E-state index contributed by atoms with van der Waals surface area (Å²) in [6.07, 6.45) is 0. The Kier molecular flexibility index (Phi) is 6.30. The third-order valence-corrected chi connectivity index (χ3v) is 5.67. The lowest BCUT2D eigenvalue weighted by atomic mass is 10.2. The first kappa shape index (κ1) is 17.9. The molecule has 0 unspecified atom stereocenters. The Morgan fingerprint density at radius 1 is 1.25 bits per heavy atom. The van der Waals surface area contributed by atoms with Crippen molar-refractivity contribution in [1.82, 2.24) is 0 Å². The molecule has 0 atom stereocenters. The molecular weight excluding hydrogens is 457 g/mol. The van der Waals surface area contributed by atoms with Gasteiger partial charge in [-0.15, -0.1) is 11.8 Å². The molecule has 0 amide bonds. The average molecular weight is 474 g/mol. The van der Waals surface area contributed by atoms with Crippen LogP contribution in [0.2, 0.25) is 5.02 Å². The molecule has 6 heteroatoms. The highest BCUT2D eigenvalue weighted by Crippen LogP contribution is 2.36. The maximum absolute atomic E-state index is 6.21. The van der Waals surface area contributed by atoms with Gasteiger partial charge in [-0.05, 0) is 47.7 Å². The molecule has 1 heterocycles. The molecule has 3 rings (SSSR count). The molecule has 1 aliphatic rings. The number of rotatable bonds is 6. The van der Waals surface area contributed by atoms with Gasteiger partial charge in [0.05, 0.1) is 15.2 Å². The Balaban J connectivity index is 1.87. The summed E-state index contributed by atoms with van der Waals surface area (Å²) < 4.78 is 12.9. The van der Waals surface area contributed by atoms with Crippen LogP contribution in [0.5, 0.6) is 11.5 Å². The van der Waals surface area contributed by atoms with E-state index in [0.29, 0.717) is 18.2 Å². The molecule has 2 aromatic carbocycles. The van der Waals surface area contributed by atoms with Crippen molar-refractivity contribution >= 4 is 51.0 Å². The monoisotopic (exact) mass is 473 g/mol. The molecule has 0 saturated carbocycles. The van der Waals surface area contributed by atoms with Crippen LogP contribution >= 0.6 is 46.0 Å². The van der Waals surface area contributed by atoms with Crippen molar-refractivity contribution in [2.45, 2.75) is 13.5 Å². The highest BCUT2D eigenvalue weighted by atomic mass is 127. The van der Waals surface area contributed by atoms with Crippen LogP contribution in [0, 0.1) is 3.57 Å². The summed E-state index contributed by atoms with van der Waals surface area (Å²) in [6, 6.07) is 11.8. The molecule has 0 fully saturated rings. The van der Waals surface area contributed by atoms with Gasteiger partial charge in [-0.2, -0.15) is 0 Å². The second kappa shape index (κ2) is 8.45. The Bertz CT molecular complexity index is 767. The van der Waals surface area contributed by atoms with E-state index in [4.69, 9.17) is 21.1 Å². The van der Waals surface area contributed by atoms with Gasteiger partial charge >= 0.3 is 0 Å². The van der Waals surface area contributed by atoms with Gasteiger partial charge in [0.25, 0.3) is 0 Å². The van der Waals surface area contributed by atoms with E-state index in [1.54, 1.807) is 11.8 Å². The zero-order valence-corrected chi connectivity index (χ0v) is 17.0. The fourth-order valence-electron chi connectivity index (χ4n) is 2.37. The molecule has 0 aliphatic carbocycles. The predicted octanol–water partition coefficient (Wildman–Crippen LogP) is 5.42. The number of thioether (sulfide) groups is 1. The van der Waals surface area contributed by atoms with Crippen LogP contribution in [0.4, 0.5) is 0 Å². The van der Waals surface area contributed by atoms with Crippen molar-refractivity contribution in [3.8, 4) is 11.5 Å². The van der Waals surface area contributed by atoms with Gasteiger partial charge in [-0.3, -0.25) is 4.99 Å². The molecule has 0 saturated heterocycles. The number of benzene rings is 2. The van der Waals surface area contributed by atoms with Crippen LogP contribution in [0.15, 0.2) is 41.4 Å². The summed E-state index contributed by atoms with van der Waals surface area (Å²) in [5.74, 6) is 2.55. The van der Waals surface area contributed by atoms with E-state index in [1.807, 2.05) is 37.3 Å². The van der Waals surface area contributed by atoms with Crippen molar-refractivity contribution in [1.29, 1.82) is 0 Å². The molecule has 0 spiro atoms. The van der Waals surface area contributed by atoms with Crippen molar-refractivity contribution in [2.24, 2.45) is 4.99 Å². The van der Waals surface area contributed by atoms with Crippen molar-refractivity contribution in [2.75, 3.05) is 18.9 Å². The Labute approximate surface area is 164 Å². The van der Waals surface area contributed by atoms with Gasteiger partial charge in [-0.1, -0.05) is 29.8 Å². The van der Waals surface area contributed by atoms with Crippen LogP contribution in [-0.4, -0.2) is 23.9 Å². The van der Waals surface area contributed by atoms with Crippen molar-refractivity contribution in [3.05, 3.63) is 56.1 Å². The predicted molar refractivity (Wildman–Crippen MR) is 110 cm³/mol. The lowest BCUT2D eigenvalue weighted by Crippen LogP contribution is -2.04. The van der Waals surface area contributed by atoms with Gasteiger partial charge in [0.2, 0.25) is 0 Å². The summed E-state index contributed by atoms with van der Waals surface area (Å²) in [7, 11) is 0. The van der Waals surface area contributed by atoms with Crippen molar-refractivity contribution < 1.29 is 9.47 Å². The second-order valence-corrected chi connectivity index (χ2v) is 7.79. The Morgan fingerprint density at radius 3 is 2.79 bits per heavy atom. The van der Waals surface area contributed by atoms with Crippen molar-refractivity contribution in [3.63, 3.8) is 0 Å². The van der Waals surface area contributed by atoms with E-state index >= 15 is 0 Å². The van der Waals surface area contributed by atoms with E-state index in [2.05, 4.69) is 33.6 Å². The summed E-state index contributed by atoms with van der Waals surface area (Å²) in [6.45, 7) is 3.84. The molecule has 0 bridgehead atoms. The minimum Gasteiger partial charge on any atom is -0.490 e. The van der Waals surface area contributed by atoms with Gasteiger partial charge in [0.1, 0.15) is 6.61 Å². The molecule has 0 aromatic heterocycles. The number of hydrogen-bond donors (Lipinski definition) is 0. The summed E-state index contributed by atoms with van der Waals surface area (Å²) in [5, 5.41) is 1.78. The normalized spacial score (nSPS) is 13.7. The molecule has 3 nitrogen and oxygen atoms in total. The van der Waals surface area contributed by atoms with E-state index in [0.717, 1.165) is 43.5 Å². The fraction of sp³-hybridized carbons (Fsp3) is 0.278. The molecule has 1 aliphatic heterocycles. The van der Waals surface area contributed by atoms with Crippen LogP contribution < -0.4 is 9.47 Å². The third-order valence-electron chi connectivity index (χ3n) is 3.47. The number of hydrogen-bond acceptors (Lipinski definition) is 4. The molecule has 2 aromatic rings. The van der Waals surface area contributed by atoms with Crippen LogP contribution in [0.3, 0.4) is 0 Å². The zero-order valence-electron chi connectivity index (χ0n) is 13.2. The van der Waals surface area contributed by atoms with E-state index in [9.17, 15) is 0 Å². The van der Waals surface area contributed by atoms with E-state index in [1.165, 1.54) is 0 Å². The van der Waals surface area contributed by atoms with Crippen LogP contribution in [0.25, 0.3) is 0 Å². The quantitative estimate of drug-likeness (QED) is 0.525. The topological polar surface area (TPSA) is 30.8 Å². The van der Waals surface area contributed by atoms with Gasteiger partial charge in [-0.25, -0.2) is 0 Å². The lowest BCUT2D eigenvalue weighted by molar-refractivity contribution is 0.267. The van der Waals surface area contributed by atoms with E-state index < -0.39 is 0 Å². The number of nitrogens with zero attached hydrogens (tertiary/aromatic N) is 1. The standard InChI is InChI=1S/C18H17ClINO2S/c1-2-22-16-10-13(18-21-7-8-24-18)9-15(20)17(16)23-11-12-5-3-4-6-14(12)19/h3-6,9-10H,2,7-8,11H2,1H3. The first-order valence-corrected chi connectivity index (χ1v) is 10.1. The average Bonchev–Trinajstić information content (AvgIpc) is 3.10. The fourth-order valence-corrected chi connectivity index (χ4v) is 4.16. The molecule has 0 N–H and O–H groups in total. The Hall–Kier alpha value is -0.920. The number of halogens is 2. The second-order valence-electron chi connectivity index (χ2n) is 5.13. The summed E-state index contributed by atoms with van der Waals surface area (Å²) in [5.41, 5.74) is 2.05. The first-order chi connectivity index (χ1) is 11.7. The first-order valence-electron chi connectivity index (χ1n) is 7.69. The maximum Gasteiger partial charge on any atom is 0.175 e. The molecule has 0 radical (unpaired) electrons. The smallest absolute Gasteiger partial charge is 0.175 e. The summed E-state index contributed by atoms with van der Waals surface area (Å²) in [4.78, 5) is 4.55. The zero-order chi connectivity index (χ0) is 16.9. The highest BCUT2D eigenvalue weighted by molar-refractivity contribution is 14.1. The number of aliphatic imine (C=N–C) groups is 1. The highest BCUT2D eigenvalue weighted by Gasteiger charge is 2.17. The van der Waals surface area contributed by atoms with Gasteiger partial charge < -0.3 is 9.47 Å². The molecule has 24 heavy (non-hydrogen) atoms. The minimum atomic E-state index is 0.408. The SMILES string of the molecule is CCOc1cc(C2=NCCS2)cc(I)c1OCc1ccccc1Cl. The third kappa shape index (κ3) is 4.18. The lowest BCUT2D eigenvalue weighted by Gasteiger charge is -2.16. The maximum atomic E-state index is 6.21. The molecular formula is C18H17ClINO2S. The van der Waals surface area contributed by atoms with Gasteiger partial charge in [0, 0.05) is 28.4 Å². The van der Waals surface area contributed by atoms with E-state index in [-0.39, 0.29) is 0 Å². The summed E-state index contributed by atoms with van der Waals surface area (Å²) >= 11 is 10.3. The molecule has 126 valence electrons.